The lowest BCUT2D eigenvalue weighted by molar-refractivity contribution is -0.115. The highest BCUT2D eigenvalue weighted by atomic mass is 16.7. The van der Waals surface area contributed by atoms with Crippen molar-refractivity contribution in [1.29, 1.82) is 0 Å². The predicted molar refractivity (Wildman–Crippen MR) is 157 cm³/mol. The van der Waals surface area contributed by atoms with E-state index < -0.39 is 24.2 Å². The molecular weight excluding hydrogens is 485 g/mol. The number of aliphatic imine (C=N–C) groups is 1. The van der Waals surface area contributed by atoms with Gasteiger partial charge in [-0.1, -0.05) is 54.6 Å². The monoisotopic (exact) mass is 521 g/mol. The first-order valence-corrected chi connectivity index (χ1v) is 14.0. The van der Waals surface area contributed by atoms with Crippen molar-refractivity contribution in [2.45, 2.75) is 64.2 Å². The fourth-order valence-corrected chi connectivity index (χ4v) is 5.64. The van der Waals surface area contributed by atoms with Crippen molar-refractivity contribution in [3.8, 4) is 0 Å². The molecule has 3 aliphatic rings. The average Bonchev–Trinajstić information content (AvgIpc) is 3.59. The Morgan fingerprint density at radius 2 is 1.67 bits per heavy atom. The molecule has 1 unspecified atom stereocenters. The summed E-state index contributed by atoms with van der Waals surface area (Å²) in [5, 5.41) is 3.11. The fraction of sp³-hybridized carbons (Fsp3) is 0.375. The van der Waals surface area contributed by atoms with Gasteiger partial charge in [-0.05, 0) is 94.0 Å². The van der Waals surface area contributed by atoms with Crippen molar-refractivity contribution >= 4 is 35.6 Å². The molecule has 0 aromatic heterocycles. The number of anilines is 1. The lowest BCUT2D eigenvalue weighted by Crippen LogP contribution is -2.41. The third-order valence-electron chi connectivity index (χ3n) is 8.54. The highest BCUT2D eigenvalue weighted by Crippen LogP contribution is 2.39. The third-order valence-corrected chi connectivity index (χ3v) is 8.54. The molecule has 7 heteroatoms. The third kappa shape index (κ3) is 5.07. The molecule has 6 rings (SSSR count). The quantitative estimate of drug-likeness (QED) is 0.347. The molecule has 3 aromatic carbocycles. The molecule has 0 spiro atoms. The number of amides is 1. The minimum Gasteiger partial charge on any atom is -0.399 e. The number of hydrogen-bond acceptors (Lipinski definition) is 5. The van der Waals surface area contributed by atoms with Gasteiger partial charge in [-0.15, -0.1) is 0 Å². The Balaban J connectivity index is 1.35. The van der Waals surface area contributed by atoms with Gasteiger partial charge in [0.25, 0.3) is 0 Å². The smallest absolute Gasteiger partial charge is 0.399 e. The van der Waals surface area contributed by atoms with Crippen LogP contribution in [0.3, 0.4) is 0 Å². The van der Waals surface area contributed by atoms with Crippen LogP contribution in [-0.2, 0) is 20.6 Å². The maximum Gasteiger partial charge on any atom is 0.494 e. The summed E-state index contributed by atoms with van der Waals surface area (Å²) >= 11 is 0. The van der Waals surface area contributed by atoms with Crippen LogP contribution >= 0.6 is 0 Å². The first-order chi connectivity index (χ1) is 18.7. The Morgan fingerprint density at radius 1 is 0.949 bits per heavy atom. The van der Waals surface area contributed by atoms with E-state index in [0.717, 1.165) is 53.3 Å². The molecule has 3 heterocycles. The zero-order valence-corrected chi connectivity index (χ0v) is 23.2. The number of rotatable bonds is 6. The van der Waals surface area contributed by atoms with Crippen LogP contribution in [0.5, 0.6) is 0 Å². The second kappa shape index (κ2) is 10.0. The van der Waals surface area contributed by atoms with Crippen molar-refractivity contribution < 1.29 is 14.1 Å². The van der Waals surface area contributed by atoms with Crippen molar-refractivity contribution in [2.24, 2.45) is 4.99 Å². The van der Waals surface area contributed by atoms with E-state index >= 15 is 0 Å². The molecule has 3 aromatic rings. The topological polar surface area (TPSA) is 63.2 Å². The van der Waals surface area contributed by atoms with Gasteiger partial charge in [0, 0.05) is 12.2 Å². The zero-order valence-electron chi connectivity index (χ0n) is 23.2. The molecule has 200 valence electrons. The van der Waals surface area contributed by atoms with Crippen LogP contribution in [0, 0.1) is 0 Å². The van der Waals surface area contributed by atoms with E-state index in [1.165, 1.54) is 18.4 Å². The number of fused-ring (bicyclic) bond motifs is 1. The minimum atomic E-state index is -0.517. The lowest BCUT2D eigenvalue weighted by atomic mass is 9.77. The molecule has 1 amide bonds. The number of carbonyl (C=O) groups is 1. The van der Waals surface area contributed by atoms with Gasteiger partial charge in [-0.2, -0.15) is 0 Å². The molecule has 1 N–H and O–H groups in total. The number of likely N-dealkylation sites (tertiary alicyclic amines) is 1. The Kier molecular flexibility index (Phi) is 6.70. The SMILES string of the molecule is CC1(C)OB(c2ccc3c(c2)NC(=O)C3C(=Nc2cccc(CN3CCCC3)c2)c2ccccc2)OC1(C)C. The molecule has 3 aliphatic heterocycles. The maximum atomic E-state index is 13.5. The summed E-state index contributed by atoms with van der Waals surface area (Å²) in [6.07, 6.45) is 2.53. The molecule has 2 saturated heterocycles. The molecule has 39 heavy (non-hydrogen) atoms. The summed E-state index contributed by atoms with van der Waals surface area (Å²) in [5.74, 6) is -0.594. The zero-order chi connectivity index (χ0) is 27.2. The minimum absolute atomic E-state index is 0.0770. The first-order valence-electron chi connectivity index (χ1n) is 14.0. The maximum absolute atomic E-state index is 13.5. The Hall–Kier alpha value is -3.26. The van der Waals surface area contributed by atoms with Gasteiger partial charge >= 0.3 is 7.12 Å². The molecule has 6 nitrogen and oxygen atoms in total. The van der Waals surface area contributed by atoms with Gasteiger partial charge in [0.15, 0.2) is 0 Å². The average molecular weight is 521 g/mol. The van der Waals surface area contributed by atoms with E-state index in [-0.39, 0.29) is 5.91 Å². The summed E-state index contributed by atoms with van der Waals surface area (Å²) in [7, 11) is -0.489. The van der Waals surface area contributed by atoms with Crippen LogP contribution in [0.1, 0.15) is 63.1 Å². The first kappa shape index (κ1) is 26.0. The van der Waals surface area contributed by atoms with Gasteiger partial charge in [-0.25, -0.2) is 0 Å². The molecule has 0 aliphatic carbocycles. The summed E-state index contributed by atoms with van der Waals surface area (Å²) in [4.78, 5) is 21.1. The molecule has 0 bridgehead atoms. The number of hydrogen-bond donors (Lipinski definition) is 1. The van der Waals surface area contributed by atoms with E-state index in [0.29, 0.717) is 0 Å². The van der Waals surface area contributed by atoms with Crippen LogP contribution in [0.2, 0.25) is 0 Å². The van der Waals surface area contributed by atoms with Gasteiger partial charge in [-0.3, -0.25) is 14.7 Å². The van der Waals surface area contributed by atoms with Crippen molar-refractivity contribution in [3.05, 3.63) is 89.5 Å². The van der Waals surface area contributed by atoms with Gasteiger partial charge in [0.2, 0.25) is 5.91 Å². The largest absolute Gasteiger partial charge is 0.494 e. The van der Waals surface area contributed by atoms with E-state index in [1.807, 2.05) is 82.3 Å². The van der Waals surface area contributed by atoms with Gasteiger partial charge in [0.1, 0.15) is 5.92 Å². The lowest BCUT2D eigenvalue weighted by Gasteiger charge is -2.32. The Morgan fingerprint density at radius 3 is 2.38 bits per heavy atom. The highest BCUT2D eigenvalue weighted by Gasteiger charge is 2.52. The van der Waals surface area contributed by atoms with Crippen LogP contribution in [0.4, 0.5) is 11.4 Å². The van der Waals surface area contributed by atoms with E-state index in [4.69, 9.17) is 14.3 Å². The Bertz CT molecular complexity index is 1400. The normalized spacial score (nSPS) is 22.3. The highest BCUT2D eigenvalue weighted by molar-refractivity contribution is 6.62. The number of nitrogens with one attached hydrogen (secondary N) is 1. The predicted octanol–water partition coefficient (Wildman–Crippen LogP) is 5.44. The van der Waals surface area contributed by atoms with Crippen LogP contribution < -0.4 is 10.8 Å². The summed E-state index contributed by atoms with van der Waals surface area (Å²) in [6, 6.07) is 24.4. The molecule has 2 fully saturated rings. The fourth-order valence-electron chi connectivity index (χ4n) is 5.64. The second-order valence-electron chi connectivity index (χ2n) is 11.9. The summed E-state index contributed by atoms with van der Waals surface area (Å²) in [5.41, 5.74) is 5.51. The van der Waals surface area contributed by atoms with Crippen molar-refractivity contribution in [2.75, 3.05) is 18.4 Å². The van der Waals surface area contributed by atoms with Crippen molar-refractivity contribution in [3.63, 3.8) is 0 Å². The van der Waals surface area contributed by atoms with Crippen molar-refractivity contribution in [1.82, 2.24) is 4.90 Å². The molecule has 0 radical (unpaired) electrons. The Labute approximate surface area is 231 Å². The van der Waals surface area contributed by atoms with Crippen LogP contribution in [-0.4, -0.2) is 47.9 Å². The van der Waals surface area contributed by atoms with E-state index in [2.05, 4.69) is 28.4 Å². The van der Waals surface area contributed by atoms with E-state index in [1.54, 1.807) is 0 Å². The second-order valence-corrected chi connectivity index (χ2v) is 11.9. The van der Waals surface area contributed by atoms with Gasteiger partial charge in [0.05, 0.1) is 22.6 Å². The summed E-state index contributed by atoms with van der Waals surface area (Å²) in [6.45, 7) is 11.4. The van der Waals surface area contributed by atoms with Crippen LogP contribution in [0.15, 0.2) is 77.8 Å². The summed E-state index contributed by atoms with van der Waals surface area (Å²) < 4.78 is 12.5. The molecule has 1 atom stereocenters. The molecule has 0 saturated carbocycles. The van der Waals surface area contributed by atoms with E-state index in [9.17, 15) is 4.79 Å². The standard InChI is InChI=1S/C32H36BN3O3/c1-31(2)32(3,4)39-33(38-31)24-15-16-26-27(20-24)35-30(37)28(26)29(23-12-6-5-7-13-23)34-25-14-10-11-22(19-25)21-36-17-8-9-18-36/h5-7,10-16,19-20,28H,8-9,17-18,21H2,1-4H3,(H,35,37). The van der Waals surface area contributed by atoms with Gasteiger partial charge < -0.3 is 14.6 Å². The number of benzene rings is 3. The molecular formula is C32H36BN3O3. The number of carbonyl (C=O) groups excluding carboxylic acids is 1. The number of nitrogens with zero attached hydrogens (tertiary/aromatic N) is 2. The van der Waals surface area contributed by atoms with Crippen LogP contribution in [0.25, 0.3) is 0 Å².